The van der Waals surface area contributed by atoms with Crippen LogP contribution in [0.25, 0.3) is 0 Å². The molecule has 0 bridgehead atoms. The van der Waals surface area contributed by atoms with Gasteiger partial charge in [-0.3, -0.25) is 4.79 Å². The Bertz CT molecular complexity index is 688. The fourth-order valence-corrected chi connectivity index (χ4v) is 2.65. The standard InChI is InChI=1S/C19H24N2O3/c1-13(18(20)15-7-5-4-6-8-15)19(23)21(2)12-14-9-10-17(24-3)16(22)11-14/h4-11,13,18,22H,12,20H2,1-3H3. The summed E-state index contributed by atoms with van der Waals surface area (Å²) in [6.07, 6.45) is 0. The van der Waals surface area contributed by atoms with Gasteiger partial charge in [-0.15, -0.1) is 0 Å². The van der Waals surface area contributed by atoms with Crippen molar-refractivity contribution in [3.8, 4) is 11.5 Å². The first-order valence-corrected chi connectivity index (χ1v) is 7.85. The van der Waals surface area contributed by atoms with Gasteiger partial charge in [0.1, 0.15) is 0 Å². The molecule has 0 aromatic heterocycles. The summed E-state index contributed by atoms with van der Waals surface area (Å²) in [4.78, 5) is 14.2. The Labute approximate surface area is 142 Å². The first kappa shape index (κ1) is 17.8. The van der Waals surface area contributed by atoms with Crippen LogP contribution in [0, 0.1) is 5.92 Å². The van der Waals surface area contributed by atoms with Crippen molar-refractivity contribution in [1.29, 1.82) is 0 Å². The van der Waals surface area contributed by atoms with Crippen LogP contribution in [0.3, 0.4) is 0 Å². The number of benzene rings is 2. The van der Waals surface area contributed by atoms with Gasteiger partial charge in [0.15, 0.2) is 11.5 Å². The van der Waals surface area contributed by atoms with Gasteiger partial charge in [-0.2, -0.15) is 0 Å². The van der Waals surface area contributed by atoms with E-state index in [4.69, 9.17) is 10.5 Å². The van der Waals surface area contributed by atoms with Gasteiger partial charge >= 0.3 is 0 Å². The van der Waals surface area contributed by atoms with Crippen molar-refractivity contribution in [1.82, 2.24) is 4.90 Å². The molecule has 128 valence electrons. The second-order valence-corrected chi connectivity index (χ2v) is 5.93. The highest BCUT2D eigenvalue weighted by Gasteiger charge is 2.25. The number of nitrogens with two attached hydrogens (primary N) is 1. The van der Waals surface area contributed by atoms with Crippen LogP contribution in [-0.4, -0.2) is 30.1 Å². The number of carbonyl (C=O) groups is 1. The molecule has 0 saturated heterocycles. The number of ether oxygens (including phenoxy) is 1. The monoisotopic (exact) mass is 328 g/mol. The first-order chi connectivity index (χ1) is 11.4. The molecule has 2 atom stereocenters. The summed E-state index contributed by atoms with van der Waals surface area (Å²) in [7, 11) is 3.23. The first-order valence-electron chi connectivity index (χ1n) is 7.85. The van der Waals surface area contributed by atoms with Crippen molar-refractivity contribution < 1.29 is 14.6 Å². The number of aromatic hydroxyl groups is 1. The third-order valence-electron chi connectivity index (χ3n) is 4.15. The lowest BCUT2D eigenvalue weighted by Crippen LogP contribution is -2.36. The Kier molecular flexibility index (Phi) is 5.82. The van der Waals surface area contributed by atoms with E-state index < -0.39 is 0 Å². The summed E-state index contributed by atoms with van der Waals surface area (Å²) in [6, 6.07) is 14.4. The third-order valence-corrected chi connectivity index (χ3v) is 4.15. The molecule has 2 rings (SSSR count). The summed E-state index contributed by atoms with van der Waals surface area (Å²) in [6.45, 7) is 2.23. The van der Waals surface area contributed by atoms with Crippen LogP contribution >= 0.6 is 0 Å². The second-order valence-electron chi connectivity index (χ2n) is 5.93. The van der Waals surface area contributed by atoms with E-state index in [1.807, 2.05) is 43.3 Å². The molecule has 0 spiro atoms. The number of hydrogen-bond acceptors (Lipinski definition) is 4. The van der Waals surface area contributed by atoms with Gasteiger partial charge in [0, 0.05) is 19.6 Å². The largest absolute Gasteiger partial charge is 0.504 e. The molecule has 5 nitrogen and oxygen atoms in total. The zero-order valence-corrected chi connectivity index (χ0v) is 14.3. The quantitative estimate of drug-likeness (QED) is 0.855. The molecule has 2 unspecified atom stereocenters. The van der Waals surface area contributed by atoms with Gasteiger partial charge in [0.2, 0.25) is 5.91 Å². The SMILES string of the molecule is COc1ccc(CN(C)C(=O)C(C)C(N)c2ccccc2)cc1O. The normalized spacial score (nSPS) is 13.2. The number of rotatable bonds is 6. The van der Waals surface area contributed by atoms with E-state index >= 15 is 0 Å². The molecule has 1 amide bonds. The Morgan fingerprint density at radius 2 is 1.92 bits per heavy atom. The van der Waals surface area contributed by atoms with E-state index in [1.165, 1.54) is 7.11 Å². The summed E-state index contributed by atoms with van der Waals surface area (Å²) < 4.78 is 5.02. The fourth-order valence-electron chi connectivity index (χ4n) is 2.65. The second kappa shape index (κ2) is 7.84. The van der Waals surface area contributed by atoms with Crippen molar-refractivity contribution in [3.05, 3.63) is 59.7 Å². The Morgan fingerprint density at radius 1 is 1.25 bits per heavy atom. The lowest BCUT2D eigenvalue weighted by Gasteiger charge is -2.25. The molecule has 5 heteroatoms. The van der Waals surface area contributed by atoms with Gasteiger partial charge in [0.05, 0.1) is 13.0 Å². The van der Waals surface area contributed by atoms with Crippen molar-refractivity contribution >= 4 is 5.91 Å². The van der Waals surface area contributed by atoms with E-state index in [9.17, 15) is 9.90 Å². The molecule has 0 radical (unpaired) electrons. The van der Waals surface area contributed by atoms with E-state index in [-0.39, 0.29) is 23.6 Å². The lowest BCUT2D eigenvalue weighted by atomic mass is 9.94. The topological polar surface area (TPSA) is 75.8 Å². The summed E-state index contributed by atoms with van der Waals surface area (Å²) >= 11 is 0. The molecule has 0 fully saturated rings. The Balaban J connectivity index is 2.04. The van der Waals surface area contributed by atoms with Gasteiger partial charge in [-0.1, -0.05) is 43.3 Å². The highest BCUT2D eigenvalue weighted by Crippen LogP contribution is 2.27. The van der Waals surface area contributed by atoms with E-state index in [2.05, 4.69) is 0 Å². The maximum Gasteiger partial charge on any atom is 0.227 e. The smallest absolute Gasteiger partial charge is 0.227 e. The number of carbonyl (C=O) groups excluding carboxylic acids is 1. The highest BCUT2D eigenvalue weighted by molar-refractivity contribution is 5.79. The van der Waals surface area contributed by atoms with E-state index in [0.29, 0.717) is 12.3 Å². The average Bonchev–Trinajstić information content (AvgIpc) is 2.60. The molecule has 3 N–H and O–H groups in total. The molecular weight excluding hydrogens is 304 g/mol. The van der Waals surface area contributed by atoms with Crippen LogP contribution in [0.4, 0.5) is 0 Å². The van der Waals surface area contributed by atoms with E-state index in [1.54, 1.807) is 24.1 Å². The van der Waals surface area contributed by atoms with E-state index in [0.717, 1.165) is 11.1 Å². The maximum absolute atomic E-state index is 12.6. The highest BCUT2D eigenvalue weighted by atomic mass is 16.5. The molecule has 0 heterocycles. The molecule has 0 aliphatic rings. The van der Waals surface area contributed by atoms with Gasteiger partial charge in [-0.05, 0) is 23.3 Å². The molecule has 0 saturated carbocycles. The molecule has 24 heavy (non-hydrogen) atoms. The maximum atomic E-state index is 12.6. The fraction of sp³-hybridized carbons (Fsp3) is 0.316. The minimum absolute atomic E-state index is 0.0401. The zero-order chi connectivity index (χ0) is 17.7. The van der Waals surface area contributed by atoms with Crippen LogP contribution in [0.1, 0.15) is 24.1 Å². The Hall–Kier alpha value is -2.53. The van der Waals surface area contributed by atoms with Crippen LogP contribution in [-0.2, 0) is 11.3 Å². The molecule has 0 aliphatic carbocycles. The van der Waals surface area contributed by atoms with Crippen molar-refractivity contribution in [2.75, 3.05) is 14.2 Å². The minimum Gasteiger partial charge on any atom is -0.504 e. The van der Waals surface area contributed by atoms with Crippen LogP contribution in [0.2, 0.25) is 0 Å². The molecule has 0 aliphatic heterocycles. The zero-order valence-electron chi connectivity index (χ0n) is 14.3. The number of hydrogen-bond donors (Lipinski definition) is 2. The molecule has 2 aromatic carbocycles. The van der Waals surface area contributed by atoms with Gasteiger partial charge in [0.25, 0.3) is 0 Å². The Morgan fingerprint density at radius 3 is 2.50 bits per heavy atom. The number of amides is 1. The van der Waals surface area contributed by atoms with Crippen molar-refractivity contribution in [3.63, 3.8) is 0 Å². The van der Waals surface area contributed by atoms with Gasteiger partial charge in [-0.25, -0.2) is 0 Å². The van der Waals surface area contributed by atoms with Crippen LogP contribution in [0.15, 0.2) is 48.5 Å². The molecular formula is C19H24N2O3. The summed E-state index contributed by atoms with van der Waals surface area (Å²) in [5.41, 5.74) is 7.99. The predicted molar refractivity (Wildman–Crippen MR) is 93.7 cm³/mol. The average molecular weight is 328 g/mol. The number of phenolic OH excluding ortho intramolecular Hbond substituents is 1. The third kappa shape index (κ3) is 4.06. The number of methoxy groups -OCH3 is 1. The summed E-state index contributed by atoms with van der Waals surface area (Å²) in [5.74, 6) is 0.0861. The van der Waals surface area contributed by atoms with Crippen molar-refractivity contribution in [2.45, 2.75) is 19.5 Å². The number of nitrogens with zero attached hydrogens (tertiary/aromatic N) is 1. The van der Waals surface area contributed by atoms with Crippen LogP contribution in [0.5, 0.6) is 11.5 Å². The predicted octanol–water partition coefficient (Wildman–Crippen LogP) is 2.70. The lowest BCUT2D eigenvalue weighted by molar-refractivity contribution is -0.134. The van der Waals surface area contributed by atoms with Crippen molar-refractivity contribution in [2.24, 2.45) is 11.7 Å². The number of phenols is 1. The van der Waals surface area contributed by atoms with Gasteiger partial charge < -0.3 is 20.5 Å². The minimum atomic E-state index is -0.356. The van der Waals surface area contributed by atoms with Crippen LogP contribution < -0.4 is 10.5 Å². The summed E-state index contributed by atoms with van der Waals surface area (Å²) in [5, 5.41) is 9.84. The molecule has 2 aromatic rings.